The van der Waals surface area contributed by atoms with E-state index >= 15 is 0 Å². The van der Waals surface area contributed by atoms with Crippen molar-refractivity contribution in [1.29, 1.82) is 0 Å². The fourth-order valence-corrected chi connectivity index (χ4v) is 12.9. The summed E-state index contributed by atoms with van der Waals surface area (Å²) in [5, 5.41) is 0. The number of rotatable bonds is 9. The molecule has 130 valence electrons. The average molecular weight is 379 g/mol. The number of allylic oxidation sites excluding steroid dienone is 2. The van der Waals surface area contributed by atoms with Crippen molar-refractivity contribution >= 4 is 34.0 Å². The Morgan fingerprint density at radius 1 is 0.727 bits per heavy atom. The summed E-state index contributed by atoms with van der Waals surface area (Å²) < 4.78 is 25.1. The van der Waals surface area contributed by atoms with Crippen LogP contribution >= 0.6 is 0 Å². The van der Waals surface area contributed by atoms with E-state index < -0.39 is 34.0 Å². The molecule has 0 saturated heterocycles. The van der Waals surface area contributed by atoms with Gasteiger partial charge in [0.05, 0.1) is 6.26 Å². The molecule has 0 aromatic carbocycles. The first-order valence-electron chi connectivity index (χ1n) is 7.64. The Morgan fingerprint density at radius 3 is 1.27 bits per heavy atom. The van der Waals surface area contributed by atoms with Gasteiger partial charge in [-0.3, -0.25) is 0 Å². The maximum absolute atomic E-state index is 6.36. The highest BCUT2D eigenvalue weighted by atomic mass is 28.5. The molecule has 0 amide bonds. The smallest absolute Gasteiger partial charge is 0.488 e. The van der Waals surface area contributed by atoms with Gasteiger partial charge in [0.25, 0.3) is 0 Å². The summed E-state index contributed by atoms with van der Waals surface area (Å²) in [6.07, 6.45) is 3.44. The van der Waals surface area contributed by atoms with Gasteiger partial charge in [-0.1, -0.05) is 12.2 Å². The van der Waals surface area contributed by atoms with Crippen LogP contribution in [0.5, 0.6) is 0 Å². The summed E-state index contributed by atoms with van der Waals surface area (Å²) >= 11 is 0. The van der Waals surface area contributed by atoms with Crippen LogP contribution in [-0.2, 0) is 16.8 Å². The van der Waals surface area contributed by atoms with Crippen molar-refractivity contribution in [3.63, 3.8) is 0 Å². The van der Waals surface area contributed by atoms with E-state index in [0.29, 0.717) is 0 Å². The first-order chi connectivity index (χ1) is 9.54. The first kappa shape index (κ1) is 22.0. The predicted octanol–water partition coefficient (Wildman–Crippen LogP) is 5.08. The molecule has 0 aliphatic carbocycles. The SMILES string of the molecule is C=C(C)C=CO[Si](O[Si](C)(C)C)(O[Si](C)(C)C)O[Si](C)(C)C. The molecule has 0 aromatic rings. The summed E-state index contributed by atoms with van der Waals surface area (Å²) in [6.45, 7) is 24.9. The lowest BCUT2D eigenvalue weighted by Crippen LogP contribution is -2.61. The van der Waals surface area contributed by atoms with Gasteiger partial charge < -0.3 is 16.8 Å². The quantitative estimate of drug-likeness (QED) is 0.318. The fourth-order valence-electron chi connectivity index (χ4n) is 1.49. The van der Waals surface area contributed by atoms with Crippen LogP contribution in [0.4, 0.5) is 0 Å². The Labute approximate surface area is 141 Å². The number of hydrogen-bond donors (Lipinski definition) is 0. The lowest BCUT2D eigenvalue weighted by atomic mass is 10.4. The molecule has 0 radical (unpaired) electrons. The molecule has 4 nitrogen and oxygen atoms in total. The van der Waals surface area contributed by atoms with Crippen molar-refractivity contribution in [2.75, 3.05) is 0 Å². The predicted molar refractivity (Wildman–Crippen MR) is 104 cm³/mol. The molecule has 0 unspecified atom stereocenters. The standard InChI is InChI=1S/C14H34O4Si4/c1-14(2)12-13-15-22(16-19(3,4)5,17-20(6,7)8)18-21(9,10)11/h12-13H,1H2,2-11H3. The van der Waals surface area contributed by atoms with E-state index in [9.17, 15) is 0 Å². The van der Waals surface area contributed by atoms with Crippen LogP contribution in [0.3, 0.4) is 0 Å². The molecule has 0 fully saturated rings. The summed E-state index contributed by atoms with van der Waals surface area (Å²) in [7, 11) is -8.89. The van der Waals surface area contributed by atoms with E-state index in [1.807, 2.05) is 13.0 Å². The van der Waals surface area contributed by atoms with E-state index in [4.69, 9.17) is 16.8 Å². The van der Waals surface area contributed by atoms with Crippen LogP contribution < -0.4 is 0 Å². The summed E-state index contributed by atoms with van der Waals surface area (Å²) in [5.41, 5.74) is 0.914. The third-order valence-electron chi connectivity index (χ3n) is 1.86. The monoisotopic (exact) mass is 378 g/mol. The van der Waals surface area contributed by atoms with E-state index in [2.05, 4.69) is 65.5 Å². The molecule has 0 spiro atoms. The fraction of sp³-hybridized carbons (Fsp3) is 0.714. The molecule has 0 heterocycles. The molecule has 0 aromatic heterocycles. The van der Waals surface area contributed by atoms with Crippen molar-refractivity contribution in [1.82, 2.24) is 0 Å². The zero-order valence-corrected chi connectivity index (χ0v) is 20.0. The maximum Gasteiger partial charge on any atom is 0.717 e. The molecular weight excluding hydrogens is 344 g/mol. The van der Waals surface area contributed by atoms with Crippen molar-refractivity contribution < 1.29 is 16.8 Å². The maximum atomic E-state index is 6.36. The molecule has 0 atom stereocenters. The van der Waals surface area contributed by atoms with E-state index in [0.717, 1.165) is 5.57 Å². The highest BCUT2D eigenvalue weighted by molar-refractivity contribution is 6.87. The van der Waals surface area contributed by atoms with Gasteiger partial charge in [0.2, 0.25) is 0 Å². The van der Waals surface area contributed by atoms with Crippen molar-refractivity contribution in [2.45, 2.75) is 65.8 Å². The third-order valence-corrected chi connectivity index (χ3v) is 12.6. The molecule has 0 aliphatic heterocycles. The normalized spacial score (nSPS) is 14.5. The molecule has 8 heteroatoms. The zero-order valence-electron chi connectivity index (χ0n) is 16.0. The van der Waals surface area contributed by atoms with Gasteiger partial charge in [0.15, 0.2) is 25.0 Å². The second-order valence-electron chi connectivity index (χ2n) is 8.41. The van der Waals surface area contributed by atoms with Gasteiger partial charge >= 0.3 is 9.05 Å². The van der Waals surface area contributed by atoms with E-state index in [1.54, 1.807) is 6.26 Å². The summed E-state index contributed by atoms with van der Waals surface area (Å²) in [5.74, 6) is 0. The second-order valence-corrected chi connectivity index (χ2v) is 24.8. The van der Waals surface area contributed by atoms with Crippen LogP contribution in [0.2, 0.25) is 58.9 Å². The molecule has 0 saturated carbocycles. The van der Waals surface area contributed by atoms with Crippen LogP contribution in [0.25, 0.3) is 0 Å². The number of hydrogen-bond acceptors (Lipinski definition) is 4. The largest absolute Gasteiger partial charge is 0.717 e. The molecule has 0 rings (SSSR count). The Kier molecular flexibility index (Phi) is 7.74. The molecule has 0 aliphatic rings. The summed E-state index contributed by atoms with van der Waals surface area (Å²) in [4.78, 5) is 0. The topological polar surface area (TPSA) is 36.9 Å². The van der Waals surface area contributed by atoms with Crippen LogP contribution in [0.1, 0.15) is 6.92 Å². The van der Waals surface area contributed by atoms with E-state index in [1.165, 1.54) is 0 Å². The van der Waals surface area contributed by atoms with Crippen molar-refractivity contribution in [3.05, 3.63) is 24.5 Å². The van der Waals surface area contributed by atoms with Crippen LogP contribution in [0, 0.1) is 0 Å². The van der Waals surface area contributed by atoms with Crippen LogP contribution in [0.15, 0.2) is 24.5 Å². The van der Waals surface area contributed by atoms with Crippen molar-refractivity contribution in [3.8, 4) is 0 Å². The van der Waals surface area contributed by atoms with Gasteiger partial charge in [-0.15, -0.1) is 0 Å². The lowest BCUT2D eigenvalue weighted by Gasteiger charge is -2.39. The average Bonchev–Trinajstić information content (AvgIpc) is 2.05. The summed E-state index contributed by atoms with van der Waals surface area (Å²) in [6, 6.07) is 0. The minimum atomic E-state index is -3.21. The Morgan fingerprint density at radius 2 is 1.05 bits per heavy atom. The highest BCUT2D eigenvalue weighted by Crippen LogP contribution is 2.26. The molecule has 22 heavy (non-hydrogen) atoms. The van der Waals surface area contributed by atoms with Gasteiger partial charge in [-0.25, -0.2) is 0 Å². The molecule has 0 bridgehead atoms. The highest BCUT2D eigenvalue weighted by Gasteiger charge is 2.55. The zero-order chi connectivity index (χ0) is 17.8. The second kappa shape index (κ2) is 7.73. The van der Waals surface area contributed by atoms with Gasteiger partial charge in [0.1, 0.15) is 0 Å². The van der Waals surface area contributed by atoms with Gasteiger partial charge in [-0.05, 0) is 71.9 Å². The minimum Gasteiger partial charge on any atom is -0.488 e. The Hall–Kier alpha value is 0.0275. The van der Waals surface area contributed by atoms with Gasteiger partial charge in [0, 0.05) is 0 Å². The first-order valence-corrected chi connectivity index (χ1v) is 19.5. The van der Waals surface area contributed by atoms with Crippen molar-refractivity contribution in [2.24, 2.45) is 0 Å². The Bertz CT molecular complexity index is 362. The third kappa shape index (κ3) is 11.6. The van der Waals surface area contributed by atoms with E-state index in [-0.39, 0.29) is 0 Å². The minimum absolute atomic E-state index is 0.914. The lowest BCUT2D eigenvalue weighted by molar-refractivity contribution is 0.129. The van der Waals surface area contributed by atoms with Crippen LogP contribution in [-0.4, -0.2) is 34.0 Å². The van der Waals surface area contributed by atoms with Gasteiger partial charge in [-0.2, -0.15) is 0 Å². The molecule has 0 N–H and O–H groups in total. The Balaban J connectivity index is 5.62. The molecular formula is C14H34O4Si4.